The summed E-state index contributed by atoms with van der Waals surface area (Å²) in [5.41, 5.74) is 5.86. The molecule has 0 saturated carbocycles. The van der Waals surface area contributed by atoms with Gasteiger partial charge in [-0.1, -0.05) is 0 Å². The minimum absolute atomic E-state index is 0.230. The van der Waals surface area contributed by atoms with Gasteiger partial charge >= 0.3 is 17.8 Å². The minimum atomic E-state index is -5.08. The van der Waals surface area contributed by atoms with Gasteiger partial charge in [-0.25, -0.2) is 19.0 Å². The van der Waals surface area contributed by atoms with Gasteiger partial charge in [-0.2, -0.15) is 13.2 Å². The van der Waals surface area contributed by atoms with Crippen LogP contribution >= 0.6 is 0 Å². The van der Waals surface area contributed by atoms with Crippen LogP contribution in [0.25, 0.3) is 5.52 Å². The molecule has 0 amide bonds. The van der Waals surface area contributed by atoms with Crippen molar-refractivity contribution in [3.63, 3.8) is 0 Å². The Morgan fingerprint density at radius 1 is 1.50 bits per heavy atom. The summed E-state index contributed by atoms with van der Waals surface area (Å²) in [5.74, 6) is -2.39. The number of nitrogens with zero attached hydrogens (tertiary/aromatic N) is 2. The first-order valence-corrected chi connectivity index (χ1v) is 4.34. The zero-order chi connectivity index (χ0) is 13.9. The molecule has 18 heavy (non-hydrogen) atoms. The number of nitrogens with one attached hydrogen (secondary N) is 1. The Labute approximate surface area is 96.7 Å². The molecule has 2 aromatic rings. The predicted octanol–water partition coefficient (Wildman–Crippen LogP) is 0.238. The van der Waals surface area contributed by atoms with Crippen molar-refractivity contribution in [1.82, 2.24) is 14.4 Å². The number of carbonyl (C=O) groups is 1. The van der Waals surface area contributed by atoms with E-state index in [1.807, 2.05) is 0 Å². The Morgan fingerprint density at radius 3 is 2.50 bits per heavy atom. The van der Waals surface area contributed by atoms with Crippen LogP contribution in [0.15, 0.2) is 23.4 Å². The standard InChI is InChI=1S/C6H6N4O.C2HF3O2/c7-5-4-1-2-8-6(11)10(4)3-9-5;3-2(4,5)1(6)7/h1-3H,7H2,(H,8,11);(H,6,7). The molecule has 4 N–H and O–H groups in total. The topological polar surface area (TPSA) is 113 Å². The number of fused-ring (bicyclic) bond motifs is 1. The highest BCUT2D eigenvalue weighted by Gasteiger charge is 2.38. The van der Waals surface area contributed by atoms with E-state index in [2.05, 4.69) is 9.97 Å². The highest BCUT2D eigenvalue weighted by Crippen LogP contribution is 2.13. The van der Waals surface area contributed by atoms with Gasteiger partial charge in [-0.3, -0.25) is 0 Å². The number of alkyl halides is 3. The molecule has 2 rings (SSSR count). The maximum Gasteiger partial charge on any atom is 0.490 e. The van der Waals surface area contributed by atoms with Crippen molar-refractivity contribution >= 4 is 17.3 Å². The number of anilines is 1. The molecule has 98 valence electrons. The van der Waals surface area contributed by atoms with Gasteiger partial charge < -0.3 is 15.8 Å². The first-order valence-electron chi connectivity index (χ1n) is 4.34. The monoisotopic (exact) mass is 264 g/mol. The van der Waals surface area contributed by atoms with E-state index in [-0.39, 0.29) is 5.69 Å². The quantitative estimate of drug-likeness (QED) is 0.630. The average molecular weight is 264 g/mol. The van der Waals surface area contributed by atoms with Crippen LogP contribution in [0.4, 0.5) is 19.0 Å². The zero-order valence-corrected chi connectivity index (χ0v) is 8.60. The number of rotatable bonds is 0. The van der Waals surface area contributed by atoms with E-state index in [9.17, 15) is 18.0 Å². The van der Waals surface area contributed by atoms with Gasteiger partial charge in [0.1, 0.15) is 12.1 Å². The summed E-state index contributed by atoms with van der Waals surface area (Å²) < 4.78 is 33.1. The molecule has 10 heteroatoms. The average Bonchev–Trinajstić information content (AvgIpc) is 2.62. The Morgan fingerprint density at radius 2 is 2.06 bits per heavy atom. The molecular formula is C8H7F3N4O3. The molecule has 0 saturated heterocycles. The van der Waals surface area contributed by atoms with Crippen molar-refractivity contribution in [3.05, 3.63) is 29.1 Å². The second-order valence-electron chi connectivity index (χ2n) is 2.97. The molecule has 0 unspecified atom stereocenters. The molecule has 0 spiro atoms. The Bertz CT molecular complexity index is 616. The van der Waals surface area contributed by atoms with Crippen molar-refractivity contribution < 1.29 is 23.1 Å². The van der Waals surface area contributed by atoms with Gasteiger partial charge in [0, 0.05) is 6.20 Å². The van der Waals surface area contributed by atoms with Gasteiger partial charge in [0.15, 0.2) is 0 Å². The maximum absolute atomic E-state index is 11.0. The van der Waals surface area contributed by atoms with Crippen molar-refractivity contribution in [1.29, 1.82) is 0 Å². The molecule has 0 aliphatic rings. The molecule has 0 radical (unpaired) electrons. The fraction of sp³-hybridized carbons (Fsp3) is 0.125. The number of halogens is 3. The van der Waals surface area contributed by atoms with E-state index >= 15 is 0 Å². The van der Waals surface area contributed by atoms with Gasteiger partial charge in [-0.05, 0) is 6.07 Å². The summed E-state index contributed by atoms with van der Waals surface area (Å²) in [6.07, 6.45) is -2.15. The summed E-state index contributed by atoms with van der Waals surface area (Å²) in [6.45, 7) is 0. The summed E-state index contributed by atoms with van der Waals surface area (Å²) in [5, 5.41) is 7.12. The lowest BCUT2D eigenvalue weighted by atomic mass is 10.5. The third-order valence-corrected chi connectivity index (χ3v) is 1.74. The molecule has 0 aliphatic heterocycles. The van der Waals surface area contributed by atoms with Crippen molar-refractivity contribution in [3.8, 4) is 0 Å². The summed E-state index contributed by atoms with van der Waals surface area (Å²) >= 11 is 0. The second kappa shape index (κ2) is 4.77. The number of aromatic amines is 1. The third-order valence-electron chi connectivity index (χ3n) is 1.74. The van der Waals surface area contributed by atoms with E-state index in [1.165, 1.54) is 16.9 Å². The van der Waals surface area contributed by atoms with Crippen LogP contribution in [0.5, 0.6) is 0 Å². The van der Waals surface area contributed by atoms with Crippen LogP contribution in [0.1, 0.15) is 0 Å². The smallest absolute Gasteiger partial charge is 0.475 e. The summed E-state index contributed by atoms with van der Waals surface area (Å²) in [4.78, 5) is 26.2. The molecule has 7 nitrogen and oxygen atoms in total. The minimum Gasteiger partial charge on any atom is -0.475 e. The number of imidazole rings is 1. The zero-order valence-electron chi connectivity index (χ0n) is 8.60. The Hall–Kier alpha value is -2.52. The lowest BCUT2D eigenvalue weighted by Crippen LogP contribution is -2.21. The lowest BCUT2D eigenvalue weighted by Gasteiger charge is -1.93. The number of aliphatic carboxylic acids is 1. The summed E-state index contributed by atoms with van der Waals surface area (Å²) in [6, 6.07) is 1.70. The largest absolute Gasteiger partial charge is 0.490 e. The number of hydrogen-bond donors (Lipinski definition) is 3. The fourth-order valence-corrected chi connectivity index (χ4v) is 0.961. The highest BCUT2D eigenvalue weighted by molar-refractivity contribution is 5.73. The first kappa shape index (κ1) is 13.5. The lowest BCUT2D eigenvalue weighted by molar-refractivity contribution is -0.192. The van der Waals surface area contributed by atoms with Gasteiger partial charge in [0.05, 0.1) is 5.52 Å². The molecule has 2 heterocycles. The number of H-pyrrole nitrogens is 1. The van der Waals surface area contributed by atoms with E-state index in [0.29, 0.717) is 11.3 Å². The molecular weight excluding hydrogens is 257 g/mol. The Balaban J connectivity index is 0.000000203. The maximum atomic E-state index is 11.0. The van der Waals surface area contributed by atoms with E-state index < -0.39 is 12.1 Å². The predicted molar refractivity (Wildman–Crippen MR) is 53.9 cm³/mol. The number of aromatic nitrogens is 3. The number of carboxylic acids is 1. The van der Waals surface area contributed by atoms with Crippen LogP contribution in [-0.4, -0.2) is 31.6 Å². The molecule has 0 aromatic carbocycles. The molecule has 0 aliphatic carbocycles. The van der Waals surface area contributed by atoms with Crippen molar-refractivity contribution in [2.45, 2.75) is 6.18 Å². The van der Waals surface area contributed by atoms with E-state index in [1.54, 1.807) is 6.07 Å². The highest BCUT2D eigenvalue weighted by atomic mass is 19.4. The van der Waals surface area contributed by atoms with Crippen LogP contribution in [0.2, 0.25) is 0 Å². The summed E-state index contributed by atoms with van der Waals surface area (Å²) in [7, 11) is 0. The van der Waals surface area contributed by atoms with Crippen LogP contribution < -0.4 is 11.4 Å². The number of nitrogen functional groups attached to an aromatic ring is 1. The molecule has 2 aromatic heterocycles. The van der Waals surface area contributed by atoms with Crippen LogP contribution in [0, 0.1) is 0 Å². The van der Waals surface area contributed by atoms with Gasteiger partial charge in [0.2, 0.25) is 0 Å². The molecule has 0 atom stereocenters. The van der Waals surface area contributed by atoms with Gasteiger partial charge in [0.25, 0.3) is 0 Å². The number of nitrogens with two attached hydrogens (primary N) is 1. The number of hydrogen-bond acceptors (Lipinski definition) is 4. The van der Waals surface area contributed by atoms with Gasteiger partial charge in [-0.15, -0.1) is 0 Å². The third kappa shape index (κ3) is 2.99. The Kier molecular flexibility index (Phi) is 3.59. The van der Waals surface area contributed by atoms with Crippen molar-refractivity contribution in [2.75, 3.05) is 5.73 Å². The SMILES string of the molecule is Nc1ncn2c(=O)[nH]ccc12.O=C(O)C(F)(F)F. The first-order chi connectivity index (χ1) is 8.23. The van der Waals surface area contributed by atoms with E-state index in [0.717, 1.165) is 0 Å². The normalized spacial score (nSPS) is 10.8. The fourth-order valence-electron chi connectivity index (χ4n) is 0.961. The van der Waals surface area contributed by atoms with Crippen molar-refractivity contribution in [2.24, 2.45) is 0 Å². The van der Waals surface area contributed by atoms with E-state index in [4.69, 9.17) is 15.6 Å². The molecule has 0 bridgehead atoms. The molecule has 0 fully saturated rings. The second-order valence-corrected chi connectivity index (χ2v) is 2.97. The number of carboxylic acid groups (broad SMARTS) is 1. The van der Waals surface area contributed by atoms with Crippen LogP contribution in [-0.2, 0) is 4.79 Å². The van der Waals surface area contributed by atoms with Crippen LogP contribution in [0.3, 0.4) is 0 Å².